The van der Waals surface area contributed by atoms with E-state index in [9.17, 15) is 0 Å². The lowest BCUT2D eigenvalue weighted by molar-refractivity contribution is 0.148. The summed E-state index contributed by atoms with van der Waals surface area (Å²) in [6.45, 7) is 15.9. The SMILES string of the molecule is CCOCCNCCN(CC)CC(C)C. The molecule has 3 heteroatoms. The van der Waals surface area contributed by atoms with E-state index in [-0.39, 0.29) is 0 Å². The maximum absolute atomic E-state index is 5.26. The molecule has 0 fully saturated rings. The van der Waals surface area contributed by atoms with E-state index in [1.54, 1.807) is 0 Å². The molecule has 0 unspecified atom stereocenters. The molecule has 0 heterocycles. The molecule has 0 saturated heterocycles. The minimum absolute atomic E-state index is 0.758. The molecular weight excluding hydrogens is 188 g/mol. The molecule has 92 valence electrons. The summed E-state index contributed by atoms with van der Waals surface area (Å²) in [5.41, 5.74) is 0. The Labute approximate surface area is 95.2 Å². The molecule has 0 aliphatic rings. The van der Waals surface area contributed by atoms with Crippen LogP contribution in [0.25, 0.3) is 0 Å². The van der Waals surface area contributed by atoms with Crippen molar-refractivity contribution in [2.24, 2.45) is 5.92 Å². The molecule has 0 aromatic carbocycles. The second kappa shape index (κ2) is 10.4. The largest absolute Gasteiger partial charge is 0.380 e. The number of nitrogens with one attached hydrogen (secondary N) is 1. The van der Waals surface area contributed by atoms with Crippen LogP contribution < -0.4 is 5.32 Å². The van der Waals surface area contributed by atoms with Crippen LogP contribution >= 0.6 is 0 Å². The van der Waals surface area contributed by atoms with Gasteiger partial charge in [-0.2, -0.15) is 0 Å². The smallest absolute Gasteiger partial charge is 0.0590 e. The Balaban J connectivity index is 3.30. The molecule has 0 atom stereocenters. The highest BCUT2D eigenvalue weighted by Crippen LogP contribution is 1.96. The maximum Gasteiger partial charge on any atom is 0.0590 e. The summed E-state index contributed by atoms with van der Waals surface area (Å²) in [4.78, 5) is 2.48. The van der Waals surface area contributed by atoms with Gasteiger partial charge in [0.15, 0.2) is 0 Å². The Morgan fingerprint density at radius 3 is 2.47 bits per heavy atom. The Morgan fingerprint density at radius 1 is 1.20 bits per heavy atom. The van der Waals surface area contributed by atoms with Gasteiger partial charge in [0.2, 0.25) is 0 Å². The lowest BCUT2D eigenvalue weighted by Gasteiger charge is -2.22. The fraction of sp³-hybridized carbons (Fsp3) is 1.00. The summed E-state index contributed by atoms with van der Waals surface area (Å²) in [5.74, 6) is 0.758. The molecule has 0 aromatic rings. The highest BCUT2D eigenvalue weighted by molar-refractivity contribution is 4.60. The quantitative estimate of drug-likeness (QED) is 0.561. The summed E-state index contributed by atoms with van der Waals surface area (Å²) in [6.07, 6.45) is 0. The molecule has 1 N–H and O–H groups in total. The molecule has 0 bridgehead atoms. The molecule has 0 aromatic heterocycles. The molecule has 3 nitrogen and oxygen atoms in total. The fourth-order valence-corrected chi connectivity index (χ4v) is 1.55. The number of rotatable bonds is 10. The molecule has 0 aliphatic heterocycles. The zero-order valence-electron chi connectivity index (χ0n) is 10.9. The topological polar surface area (TPSA) is 24.5 Å². The number of hydrogen-bond acceptors (Lipinski definition) is 3. The first-order valence-corrected chi connectivity index (χ1v) is 6.21. The summed E-state index contributed by atoms with van der Waals surface area (Å²) >= 11 is 0. The van der Waals surface area contributed by atoms with Gasteiger partial charge >= 0.3 is 0 Å². The van der Waals surface area contributed by atoms with Crippen LogP contribution in [-0.2, 0) is 4.74 Å². The lowest BCUT2D eigenvalue weighted by atomic mass is 10.2. The Morgan fingerprint density at radius 2 is 1.93 bits per heavy atom. The van der Waals surface area contributed by atoms with Crippen LogP contribution in [0.15, 0.2) is 0 Å². The molecule has 0 amide bonds. The first-order valence-electron chi connectivity index (χ1n) is 6.21. The van der Waals surface area contributed by atoms with E-state index in [4.69, 9.17) is 4.74 Å². The van der Waals surface area contributed by atoms with Crippen LogP contribution in [0.3, 0.4) is 0 Å². The van der Waals surface area contributed by atoms with Gasteiger partial charge in [0.25, 0.3) is 0 Å². The van der Waals surface area contributed by atoms with Crippen LogP contribution in [0.4, 0.5) is 0 Å². The lowest BCUT2D eigenvalue weighted by Crippen LogP contribution is -2.35. The monoisotopic (exact) mass is 216 g/mol. The first kappa shape index (κ1) is 14.9. The first-order chi connectivity index (χ1) is 7.20. The summed E-state index contributed by atoms with van der Waals surface area (Å²) in [5, 5.41) is 3.39. The van der Waals surface area contributed by atoms with Crippen LogP contribution in [0.5, 0.6) is 0 Å². The van der Waals surface area contributed by atoms with Crippen molar-refractivity contribution in [2.75, 3.05) is 45.9 Å². The zero-order valence-corrected chi connectivity index (χ0v) is 10.9. The number of hydrogen-bond donors (Lipinski definition) is 1. The predicted molar refractivity (Wildman–Crippen MR) is 66.3 cm³/mol. The van der Waals surface area contributed by atoms with Crippen molar-refractivity contribution in [1.29, 1.82) is 0 Å². The average molecular weight is 216 g/mol. The predicted octanol–water partition coefficient (Wildman–Crippen LogP) is 1.59. The van der Waals surface area contributed by atoms with Crippen molar-refractivity contribution in [2.45, 2.75) is 27.7 Å². The van der Waals surface area contributed by atoms with Crippen molar-refractivity contribution >= 4 is 0 Å². The molecule has 0 radical (unpaired) electrons. The normalized spacial score (nSPS) is 11.6. The Hall–Kier alpha value is -0.120. The zero-order chi connectivity index (χ0) is 11.5. The number of nitrogens with zero attached hydrogens (tertiary/aromatic N) is 1. The van der Waals surface area contributed by atoms with Gasteiger partial charge in [0.05, 0.1) is 6.61 Å². The third-order valence-electron chi connectivity index (χ3n) is 2.30. The third kappa shape index (κ3) is 10.2. The molecule has 15 heavy (non-hydrogen) atoms. The number of ether oxygens (including phenoxy) is 1. The van der Waals surface area contributed by atoms with Gasteiger partial charge in [-0.3, -0.25) is 0 Å². The van der Waals surface area contributed by atoms with Crippen molar-refractivity contribution in [3.8, 4) is 0 Å². The molecule has 0 rings (SSSR count). The van der Waals surface area contributed by atoms with E-state index in [1.165, 1.54) is 6.54 Å². The van der Waals surface area contributed by atoms with Gasteiger partial charge in [-0.25, -0.2) is 0 Å². The van der Waals surface area contributed by atoms with E-state index < -0.39 is 0 Å². The van der Waals surface area contributed by atoms with E-state index in [0.717, 1.165) is 45.3 Å². The van der Waals surface area contributed by atoms with Crippen LogP contribution in [-0.4, -0.2) is 50.8 Å². The fourth-order valence-electron chi connectivity index (χ4n) is 1.55. The van der Waals surface area contributed by atoms with Gasteiger partial charge in [-0.05, 0) is 19.4 Å². The highest BCUT2D eigenvalue weighted by Gasteiger charge is 2.03. The standard InChI is InChI=1S/C12H28N2O/c1-5-14(11-12(3)4)9-7-13-8-10-15-6-2/h12-13H,5-11H2,1-4H3. The van der Waals surface area contributed by atoms with Gasteiger partial charge in [-0.1, -0.05) is 20.8 Å². The second-order valence-electron chi connectivity index (χ2n) is 4.23. The van der Waals surface area contributed by atoms with Gasteiger partial charge in [0, 0.05) is 32.8 Å². The van der Waals surface area contributed by atoms with Crippen molar-refractivity contribution < 1.29 is 4.74 Å². The van der Waals surface area contributed by atoms with E-state index >= 15 is 0 Å². The third-order valence-corrected chi connectivity index (χ3v) is 2.30. The highest BCUT2D eigenvalue weighted by atomic mass is 16.5. The summed E-state index contributed by atoms with van der Waals surface area (Å²) < 4.78 is 5.26. The Bertz CT molecular complexity index is 129. The van der Waals surface area contributed by atoms with Gasteiger partial charge in [0.1, 0.15) is 0 Å². The van der Waals surface area contributed by atoms with Crippen LogP contribution in [0.1, 0.15) is 27.7 Å². The van der Waals surface area contributed by atoms with Crippen molar-refractivity contribution in [1.82, 2.24) is 10.2 Å². The Kier molecular flexibility index (Phi) is 10.3. The molecule has 0 spiro atoms. The van der Waals surface area contributed by atoms with Crippen molar-refractivity contribution in [3.05, 3.63) is 0 Å². The van der Waals surface area contributed by atoms with E-state index in [1.807, 2.05) is 6.92 Å². The summed E-state index contributed by atoms with van der Waals surface area (Å²) in [7, 11) is 0. The number of likely N-dealkylation sites (N-methyl/N-ethyl adjacent to an activating group) is 1. The van der Waals surface area contributed by atoms with Gasteiger partial charge in [-0.15, -0.1) is 0 Å². The second-order valence-corrected chi connectivity index (χ2v) is 4.23. The average Bonchev–Trinajstić information content (AvgIpc) is 2.20. The minimum Gasteiger partial charge on any atom is -0.380 e. The van der Waals surface area contributed by atoms with E-state index in [0.29, 0.717) is 0 Å². The van der Waals surface area contributed by atoms with Crippen LogP contribution in [0, 0.1) is 5.92 Å². The van der Waals surface area contributed by atoms with Crippen LogP contribution in [0.2, 0.25) is 0 Å². The molecule has 0 aliphatic carbocycles. The maximum atomic E-state index is 5.26. The van der Waals surface area contributed by atoms with E-state index in [2.05, 4.69) is 31.0 Å². The minimum atomic E-state index is 0.758. The van der Waals surface area contributed by atoms with Gasteiger partial charge < -0.3 is 15.0 Å². The molecular formula is C12H28N2O. The van der Waals surface area contributed by atoms with Crippen molar-refractivity contribution in [3.63, 3.8) is 0 Å². The molecule has 0 saturated carbocycles. The summed E-state index contributed by atoms with van der Waals surface area (Å²) in [6, 6.07) is 0.